The largest absolute Gasteiger partial charge is 0.493 e. The van der Waals surface area contributed by atoms with Crippen LogP contribution in [0.3, 0.4) is 0 Å². The highest BCUT2D eigenvalue weighted by Crippen LogP contribution is 2.37. The van der Waals surface area contributed by atoms with Crippen molar-refractivity contribution in [3.05, 3.63) is 38.3 Å². The monoisotopic (exact) mass is 405 g/mol. The van der Waals surface area contributed by atoms with E-state index in [1.165, 1.54) is 0 Å². The number of benzene rings is 1. The van der Waals surface area contributed by atoms with Gasteiger partial charge in [0.05, 0.1) is 11.6 Å². The van der Waals surface area contributed by atoms with E-state index in [9.17, 15) is 0 Å². The molecule has 0 N–H and O–H groups in total. The molecule has 19 heavy (non-hydrogen) atoms. The van der Waals surface area contributed by atoms with Crippen molar-refractivity contribution in [2.75, 3.05) is 7.11 Å². The van der Waals surface area contributed by atoms with Crippen LogP contribution in [0.2, 0.25) is 0 Å². The molecule has 0 saturated heterocycles. The van der Waals surface area contributed by atoms with E-state index in [2.05, 4.69) is 36.8 Å². The molecule has 0 aliphatic heterocycles. The van der Waals surface area contributed by atoms with E-state index in [1.54, 1.807) is 18.4 Å². The molecule has 1 aromatic heterocycles. The molecule has 0 unspecified atom stereocenters. The van der Waals surface area contributed by atoms with Crippen LogP contribution in [0.25, 0.3) is 0 Å². The number of hydrogen-bond acceptors (Lipinski definition) is 4. The van der Waals surface area contributed by atoms with Crippen LogP contribution < -0.4 is 9.47 Å². The summed E-state index contributed by atoms with van der Waals surface area (Å²) in [5, 5.41) is 3.74. The fraction of sp³-hybridized carbons (Fsp3) is 0.308. The Balaban J connectivity index is 2.19. The number of ether oxygens (including phenoxy) is 2. The zero-order valence-corrected chi connectivity index (χ0v) is 14.6. The molecule has 0 amide bonds. The van der Waals surface area contributed by atoms with Gasteiger partial charge < -0.3 is 9.47 Å². The van der Waals surface area contributed by atoms with Crippen LogP contribution in [0.5, 0.6) is 11.5 Å². The average molecular weight is 407 g/mol. The molecule has 0 bridgehead atoms. The van der Waals surface area contributed by atoms with Crippen molar-refractivity contribution in [3.63, 3.8) is 0 Å². The van der Waals surface area contributed by atoms with Crippen LogP contribution in [0.15, 0.2) is 22.0 Å². The zero-order valence-electron chi connectivity index (χ0n) is 10.6. The fourth-order valence-electron chi connectivity index (χ4n) is 1.59. The van der Waals surface area contributed by atoms with Crippen LogP contribution in [-0.2, 0) is 11.9 Å². The van der Waals surface area contributed by atoms with Gasteiger partial charge in [0.1, 0.15) is 11.6 Å². The lowest BCUT2D eigenvalue weighted by Crippen LogP contribution is -1.99. The lowest BCUT2D eigenvalue weighted by molar-refractivity contribution is 0.282. The summed E-state index contributed by atoms with van der Waals surface area (Å²) in [7, 11) is 1.64. The molecule has 0 spiro atoms. The lowest BCUT2D eigenvalue weighted by atomic mass is 10.2. The smallest absolute Gasteiger partial charge is 0.175 e. The Morgan fingerprint density at radius 2 is 2.16 bits per heavy atom. The van der Waals surface area contributed by atoms with Gasteiger partial charge in [0, 0.05) is 16.4 Å². The normalized spacial score (nSPS) is 10.5. The van der Waals surface area contributed by atoms with Gasteiger partial charge in [-0.25, -0.2) is 4.98 Å². The van der Waals surface area contributed by atoms with Crippen LogP contribution in [-0.4, -0.2) is 12.1 Å². The highest BCUT2D eigenvalue weighted by molar-refractivity contribution is 9.10. The number of alkyl halides is 1. The van der Waals surface area contributed by atoms with E-state index in [0.717, 1.165) is 31.8 Å². The molecule has 0 atom stereocenters. The maximum absolute atomic E-state index is 5.82. The van der Waals surface area contributed by atoms with Crippen molar-refractivity contribution in [1.29, 1.82) is 0 Å². The zero-order chi connectivity index (χ0) is 13.8. The van der Waals surface area contributed by atoms with E-state index in [0.29, 0.717) is 12.4 Å². The SMILES string of the molecule is COc1cc(CBr)cc(Br)c1OCc1nc(C)cs1. The molecule has 0 aliphatic rings. The lowest BCUT2D eigenvalue weighted by Gasteiger charge is -2.13. The van der Waals surface area contributed by atoms with E-state index < -0.39 is 0 Å². The Bertz CT molecular complexity index is 572. The van der Waals surface area contributed by atoms with Gasteiger partial charge >= 0.3 is 0 Å². The fourth-order valence-corrected chi connectivity index (χ4v) is 3.20. The number of aryl methyl sites for hydroxylation is 1. The predicted molar refractivity (Wildman–Crippen MR) is 84.5 cm³/mol. The second-order valence-corrected chi connectivity index (χ2v) is 6.27. The molecule has 0 radical (unpaired) electrons. The summed E-state index contributed by atoms with van der Waals surface area (Å²) in [5.74, 6) is 1.43. The number of rotatable bonds is 5. The first-order valence-electron chi connectivity index (χ1n) is 5.60. The molecule has 2 rings (SSSR count). The van der Waals surface area contributed by atoms with Crippen LogP contribution >= 0.6 is 43.2 Å². The third kappa shape index (κ3) is 3.70. The van der Waals surface area contributed by atoms with Gasteiger partial charge in [0.2, 0.25) is 0 Å². The number of halogens is 2. The molecule has 102 valence electrons. The molecule has 0 aliphatic carbocycles. The first kappa shape index (κ1) is 14.8. The summed E-state index contributed by atoms with van der Waals surface area (Å²) >= 11 is 8.54. The van der Waals surface area contributed by atoms with Gasteiger partial charge in [-0.3, -0.25) is 0 Å². The summed E-state index contributed by atoms with van der Waals surface area (Å²) < 4.78 is 12.1. The summed E-state index contributed by atoms with van der Waals surface area (Å²) in [4.78, 5) is 4.37. The minimum Gasteiger partial charge on any atom is -0.493 e. The highest BCUT2D eigenvalue weighted by Gasteiger charge is 2.12. The van der Waals surface area contributed by atoms with Gasteiger partial charge in [0.25, 0.3) is 0 Å². The quantitative estimate of drug-likeness (QED) is 0.674. The molecule has 0 fully saturated rings. The molecule has 2 aromatic rings. The molecular weight excluding hydrogens is 394 g/mol. The third-order valence-corrected chi connectivity index (χ3v) is 4.63. The number of hydrogen-bond donors (Lipinski definition) is 0. The van der Waals surface area contributed by atoms with E-state index in [1.807, 2.05) is 24.4 Å². The first-order valence-corrected chi connectivity index (χ1v) is 8.39. The van der Waals surface area contributed by atoms with Gasteiger partial charge in [-0.05, 0) is 40.5 Å². The van der Waals surface area contributed by atoms with Crippen LogP contribution in [0, 0.1) is 6.92 Å². The topological polar surface area (TPSA) is 31.4 Å². The van der Waals surface area contributed by atoms with Crippen molar-refractivity contribution < 1.29 is 9.47 Å². The van der Waals surface area contributed by atoms with Crippen molar-refractivity contribution in [3.8, 4) is 11.5 Å². The molecule has 6 heteroatoms. The molecular formula is C13H13Br2NO2S. The average Bonchev–Trinajstić information content (AvgIpc) is 2.82. The van der Waals surface area contributed by atoms with Gasteiger partial charge in [0.15, 0.2) is 11.5 Å². The maximum atomic E-state index is 5.82. The molecule has 1 aromatic carbocycles. The van der Waals surface area contributed by atoms with E-state index in [-0.39, 0.29) is 0 Å². The second-order valence-electron chi connectivity index (χ2n) is 3.91. The van der Waals surface area contributed by atoms with Crippen molar-refractivity contribution >= 4 is 43.2 Å². The Morgan fingerprint density at radius 1 is 1.37 bits per heavy atom. The van der Waals surface area contributed by atoms with E-state index in [4.69, 9.17) is 9.47 Å². The minimum atomic E-state index is 0.446. The number of aromatic nitrogens is 1. The number of nitrogens with zero attached hydrogens (tertiary/aromatic N) is 1. The highest BCUT2D eigenvalue weighted by atomic mass is 79.9. The summed E-state index contributed by atoms with van der Waals surface area (Å²) in [5.41, 5.74) is 2.14. The Labute approximate surface area is 133 Å². The number of methoxy groups -OCH3 is 1. The predicted octanol–water partition coefficient (Wildman–Crippen LogP) is 4.70. The Morgan fingerprint density at radius 3 is 2.74 bits per heavy atom. The molecule has 3 nitrogen and oxygen atoms in total. The summed E-state index contributed by atoms with van der Waals surface area (Å²) in [6.07, 6.45) is 0. The number of thiazole rings is 1. The van der Waals surface area contributed by atoms with E-state index >= 15 is 0 Å². The van der Waals surface area contributed by atoms with Crippen LogP contribution in [0.1, 0.15) is 16.3 Å². The summed E-state index contributed by atoms with van der Waals surface area (Å²) in [6.45, 7) is 2.42. The minimum absolute atomic E-state index is 0.446. The third-order valence-electron chi connectivity index (χ3n) is 2.45. The van der Waals surface area contributed by atoms with Gasteiger partial charge in [-0.1, -0.05) is 15.9 Å². The van der Waals surface area contributed by atoms with Crippen molar-refractivity contribution in [2.24, 2.45) is 0 Å². The van der Waals surface area contributed by atoms with Crippen LogP contribution in [0.4, 0.5) is 0 Å². The van der Waals surface area contributed by atoms with Crippen molar-refractivity contribution in [2.45, 2.75) is 18.9 Å². The second kappa shape index (κ2) is 6.72. The first-order chi connectivity index (χ1) is 9.13. The van der Waals surface area contributed by atoms with Gasteiger partial charge in [-0.2, -0.15) is 0 Å². The molecule has 0 saturated carbocycles. The Kier molecular flexibility index (Phi) is 5.24. The van der Waals surface area contributed by atoms with Crippen molar-refractivity contribution in [1.82, 2.24) is 4.98 Å². The standard InChI is InChI=1S/C13H13Br2NO2S/c1-8-7-19-12(16-8)6-18-13-10(15)3-9(5-14)4-11(13)17-2/h3-4,7H,5-6H2,1-2H3. The Hall–Kier alpha value is -0.590. The molecule has 1 heterocycles. The van der Waals surface area contributed by atoms with Gasteiger partial charge in [-0.15, -0.1) is 11.3 Å². The maximum Gasteiger partial charge on any atom is 0.175 e. The summed E-state index contributed by atoms with van der Waals surface area (Å²) in [6, 6.07) is 3.97.